The fourth-order valence-electron chi connectivity index (χ4n) is 2.21. The van der Waals surface area contributed by atoms with Crippen LogP contribution in [0.1, 0.15) is 32.6 Å². The molecule has 3 atom stereocenters. The summed E-state index contributed by atoms with van der Waals surface area (Å²) in [6, 6.07) is 1.06. The van der Waals surface area contributed by atoms with Crippen LogP contribution >= 0.6 is 0 Å². The monoisotopic (exact) mass is 201 g/mol. The minimum absolute atomic E-state index is 0.445. The van der Waals surface area contributed by atoms with Crippen molar-refractivity contribution in [2.45, 2.75) is 50.8 Å². The molecule has 0 amide bonds. The molecule has 0 saturated heterocycles. The van der Waals surface area contributed by atoms with Crippen molar-refractivity contribution in [3.63, 3.8) is 0 Å². The lowest BCUT2D eigenvalue weighted by molar-refractivity contribution is 0.0543. The third-order valence-electron chi connectivity index (χ3n) is 2.90. The summed E-state index contributed by atoms with van der Waals surface area (Å²) in [5, 5.41) is 3.58. The Balaban J connectivity index is 2.22. The highest BCUT2D eigenvalue weighted by Crippen LogP contribution is 2.20. The third kappa shape index (κ3) is 3.95. The van der Waals surface area contributed by atoms with Gasteiger partial charge in [0.05, 0.1) is 12.7 Å². The van der Waals surface area contributed by atoms with Gasteiger partial charge < -0.3 is 14.8 Å². The lowest BCUT2D eigenvalue weighted by Gasteiger charge is -2.31. The molecule has 0 aromatic carbocycles. The van der Waals surface area contributed by atoms with Crippen LogP contribution in [0.3, 0.4) is 0 Å². The van der Waals surface area contributed by atoms with Gasteiger partial charge >= 0.3 is 0 Å². The predicted octanol–water partition coefficient (Wildman–Crippen LogP) is 1.57. The zero-order valence-corrected chi connectivity index (χ0v) is 9.58. The van der Waals surface area contributed by atoms with E-state index in [0.717, 1.165) is 13.0 Å². The number of ether oxygens (including phenoxy) is 2. The van der Waals surface area contributed by atoms with E-state index in [1.165, 1.54) is 19.3 Å². The van der Waals surface area contributed by atoms with Crippen molar-refractivity contribution in [2.24, 2.45) is 0 Å². The van der Waals surface area contributed by atoms with Gasteiger partial charge in [-0.05, 0) is 32.6 Å². The highest BCUT2D eigenvalue weighted by atomic mass is 16.5. The number of methoxy groups -OCH3 is 2. The van der Waals surface area contributed by atoms with Crippen molar-refractivity contribution < 1.29 is 9.47 Å². The van der Waals surface area contributed by atoms with E-state index in [-0.39, 0.29) is 0 Å². The molecule has 84 valence electrons. The van der Waals surface area contributed by atoms with E-state index < -0.39 is 0 Å². The Labute approximate surface area is 87.2 Å². The maximum Gasteiger partial charge on any atom is 0.0613 e. The molecule has 0 bridgehead atoms. The summed E-state index contributed by atoms with van der Waals surface area (Å²) in [6.45, 7) is 2.95. The number of nitrogens with one attached hydrogen (secondary N) is 1. The van der Waals surface area contributed by atoms with Crippen LogP contribution in [0.2, 0.25) is 0 Å². The molecule has 1 aliphatic rings. The lowest BCUT2D eigenvalue weighted by Crippen LogP contribution is -2.43. The molecule has 0 radical (unpaired) electrons. The summed E-state index contributed by atoms with van der Waals surface area (Å²) in [5.41, 5.74) is 0. The molecule has 0 aliphatic heterocycles. The first-order valence-electron chi connectivity index (χ1n) is 5.54. The van der Waals surface area contributed by atoms with Crippen LogP contribution in [-0.2, 0) is 9.47 Å². The summed E-state index contributed by atoms with van der Waals surface area (Å²) in [7, 11) is 3.56. The van der Waals surface area contributed by atoms with E-state index in [4.69, 9.17) is 9.47 Å². The lowest BCUT2D eigenvalue weighted by atomic mass is 9.92. The van der Waals surface area contributed by atoms with Crippen molar-refractivity contribution in [1.29, 1.82) is 0 Å². The van der Waals surface area contributed by atoms with Gasteiger partial charge in [0.1, 0.15) is 0 Å². The van der Waals surface area contributed by atoms with Crippen LogP contribution in [0.25, 0.3) is 0 Å². The van der Waals surface area contributed by atoms with E-state index in [2.05, 4.69) is 12.2 Å². The maximum atomic E-state index is 5.39. The molecule has 14 heavy (non-hydrogen) atoms. The van der Waals surface area contributed by atoms with Crippen LogP contribution in [0, 0.1) is 0 Å². The second-order valence-corrected chi connectivity index (χ2v) is 4.24. The van der Waals surface area contributed by atoms with Crippen molar-refractivity contribution in [2.75, 3.05) is 20.8 Å². The molecular formula is C11H23NO2. The van der Waals surface area contributed by atoms with Gasteiger partial charge in [0.15, 0.2) is 0 Å². The minimum Gasteiger partial charge on any atom is -0.383 e. The van der Waals surface area contributed by atoms with Crippen LogP contribution in [0.15, 0.2) is 0 Å². The average molecular weight is 201 g/mol. The Hall–Kier alpha value is -0.120. The highest BCUT2D eigenvalue weighted by Gasteiger charge is 2.22. The Morgan fingerprint density at radius 2 is 2.14 bits per heavy atom. The van der Waals surface area contributed by atoms with Gasteiger partial charge in [-0.15, -0.1) is 0 Å². The minimum atomic E-state index is 0.445. The second-order valence-electron chi connectivity index (χ2n) is 4.24. The van der Waals surface area contributed by atoms with Gasteiger partial charge in [0.2, 0.25) is 0 Å². The first-order valence-corrected chi connectivity index (χ1v) is 5.54. The molecule has 0 aromatic heterocycles. The molecule has 0 heterocycles. The Morgan fingerprint density at radius 1 is 1.36 bits per heavy atom. The van der Waals surface area contributed by atoms with Crippen molar-refractivity contribution in [3.05, 3.63) is 0 Å². The largest absolute Gasteiger partial charge is 0.383 e. The average Bonchev–Trinajstić information content (AvgIpc) is 2.18. The zero-order chi connectivity index (χ0) is 10.4. The van der Waals surface area contributed by atoms with E-state index in [9.17, 15) is 0 Å². The van der Waals surface area contributed by atoms with Gasteiger partial charge in [-0.1, -0.05) is 0 Å². The summed E-state index contributed by atoms with van der Waals surface area (Å²) in [5.74, 6) is 0. The van der Waals surface area contributed by atoms with Gasteiger partial charge in [0.25, 0.3) is 0 Å². The van der Waals surface area contributed by atoms with Gasteiger partial charge in [-0.25, -0.2) is 0 Å². The molecule has 1 fully saturated rings. The Morgan fingerprint density at radius 3 is 2.79 bits per heavy atom. The maximum absolute atomic E-state index is 5.39. The van der Waals surface area contributed by atoms with Crippen molar-refractivity contribution in [1.82, 2.24) is 5.32 Å². The quantitative estimate of drug-likeness (QED) is 0.732. The molecule has 3 nitrogen and oxygen atoms in total. The molecule has 0 spiro atoms. The van der Waals surface area contributed by atoms with Crippen LogP contribution in [0.5, 0.6) is 0 Å². The SMILES string of the molecule is COCC(C)NC1CCCC(OC)C1. The standard InChI is InChI=1S/C11H23NO2/c1-9(8-13-2)12-10-5-4-6-11(7-10)14-3/h9-12H,4-8H2,1-3H3. The topological polar surface area (TPSA) is 30.5 Å². The van der Waals surface area contributed by atoms with Gasteiger partial charge in [-0.2, -0.15) is 0 Å². The third-order valence-corrected chi connectivity index (χ3v) is 2.90. The number of hydrogen-bond donors (Lipinski definition) is 1. The fraction of sp³-hybridized carbons (Fsp3) is 1.00. The smallest absolute Gasteiger partial charge is 0.0613 e. The Kier molecular flexibility index (Phi) is 5.45. The van der Waals surface area contributed by atoms with E-state index in [0.29, 0.717) is 18.2 Å². The molecule has 0 aromatic rings. The first kappa shape index (κ1) is 12.0. The fourth-order valence-corrected chi connectivity index (χ4v) is 2.21. The van der Waals surface area contributed by atoms with Gasteiger partial charge in [0, 0.05) is 26.3 Å². The van der Waals surface area contributed by atoms with Crippen molar-refractivity contribution >= 4 is 0 Å². The molecular weight excluding hydrogens is 178 g/mol. The molecule has 1 aliphatic carbocycles. The van der Waals surface area contributed by atoms with E-state index in [1.54, 1.807) is 7.11 Å². The number of rotatable bonds is 5. The predicted molar refractivity (Wildman–Crippen MR) is 57.5 cm³/mol. The Bertz CT molecular complexity index is 152. The van der Waals surface area contributed by atoms with Crippen LogP contribution in [-0.4, -0.2) is 39.0 Å². The van der Waals surface area contributed by atoms with Crippen molar-refractivity contribution in [3.8, 4) is 0 Å². The molecule has 1 N–H and O–H groups in total. The summed E-state index contributed by atoms with van der Waals surface area (Å²) in [6.07, 6.45) is 5.36. The molecule has 1 saturated carbocycles. The first-order chi connectivity index (χ1) is 6.76. The summed E-state index contributed by atoms with van der Waals surface area (Å²) < 4.78 is 10.5. The van der Waals surface area contributed by atoms with E-state index >= 15 is 0 Å². The summed E-state index contributed by atoms with van der Waals surface area (Å²) in [4.78, 5) is 0. The molecule has 3 heteroatoms. The van der Waals surface area contributed by atoms with E-state index in [1.807, 2.05) is 7.11 Å². The number of hydrogen-bond acceptors (Lipinski definition) is 3. The normalized spacial score (nSPS) is 30.2. The molecule has 1 rings (SSSR count). The van der Waals surface area contributed by atoms with Gasteiger partial charge in [-0.3, -0.25) is 0 Å². The van der Waals surface area contributed by atoms with Crippen LogP contribution < -0.4 is 5.32 Å². The summed E-state index contributed by atoms with van der Waals surface area (Å²) >= 11 is 0. The van der Waals surface area contributed by atoms with Crippen LogP contribution in [0.4, 0.5) is 0 Å². The molecule has 3 unspecified atom stereocenters. The zero-order valence-electron chi connectivity index (χ0n) is 9.58. The highest BCUT2D eigenvalue weighted by molar-refractivity contribution is 4.80. The second kappa shape index (κ2) is 6.38.